The molecule has 27 heavy (non-hydrogen) atoms. The molecule has 0 N–H and O–H groups in total. The maximum absolute atomic E-state index is 5.70. The Balaban J connectivity index is 1.80. The molecule has 0 bridgehead atoms. The first-order chi connectivity index (χ1) is 13.2. The molecule has 6 heteroatoms. The van der Waals surface area contributed by atoms with Crippen LogP contribution in [0.3, 0.4) is 0 Å². The number of thiophene rings is 1. The maximum atomic E-state index is 5.70. The minimum atomic E-state index is 0.0904. The van der Waals surface area contributed by atoms with Crippen LogP contribution >= 0.6 is 27.3 Å². The Morgan fingerprint density at radius 1 is 1.07 bits per heavy atom. The zero-order valence-corrected chi connectivity index (χ0v) is 17.5. The van der Waals surface area contributed by atoms with Gasteiger partial charge in [0.25, 0.3) is 0 Å². The highest BCUT2D eigenvalue weighted by atomic mass is 79.9. The summed E-state index contributed by atoms with van der Waals surface area (Å²) in [5.74, 6) is 1.60. The van der Waals surface area contributed by atoms with Gasteiger partial charge in [0, 0.05) is 10.0 Å². The number of hydrogen-bond acceptors (Lipinski definition) is 5. The Kier molecular flexibility index (Phi) is 5.18. The fourth-order valence-corrected chi connectivity index (χ4v) is 4.53. The van der Waals surface area contributed by atoms with Crippen molar-refractivity contribution in [3.8, 4) is 11.5 Å². The molecule has 0 aliphatic carbocycles. The van der Waals surface area contributed by atoms with Crippen molar-refractivity contribution in [2.24, 2.45) is 5.10 Å². The Labute approximate surface area is 171 Å². The molecule has 0 saturated heterocycles. The largest absolute Gasteiger partial charge is 0.493 e. The molecule has 0 radical (unpaired) electrons. The minimum absolute atomic E-state index is 0.0904. The van der Waals surface area contributed by atoms with Crippen LogP contribution in [-0.2, 0) is 0 Å². The summed E-state index contributed by atoms with van der Waals surface area (Å²) in [7, 11) is 3.35. The van der Waals surface area contributed by atoms with Crippen molar-refractivity contribution in [3.63, 3.8) is 0 Å². The van der Waals surface area contributed by atoms with Crippen LogP contribution in [0.5, 0.6) is 11.5 Å². The molecule has 1 aliphatic heterocycles. The normalized spacial score (nSPS) is 16.3. The SMILES string of the molecule is COc1cccc([C@H]2CN(c3cccc(Br)c3)N=C2c2cccs2)c1OC. The van der Waals surface area contributed by atoms with Crippen LogP contribution in [0.25, 0.3) is 0 Å². The molecule has 1 aliphatic rings. The molecule has 3 aromatic rings. The number of methoxy groups -OCH3 is 2. The summed E-state index contributed by atoms with van der Waals surface area (Å²) in [4.78, 5) is 1.17. The van der Waals surface area contributed by atoms with Gasteiger partial charge < -0.3 is 9.47 Å². The van der Waals surface area contributed by atoms with Crippen LogP contribution in [0.15, 0.2) is 69.6 Å². The lowest BCUT2D eigenvalue weighted by atomic mass is 9.92. The second-order valence-electron chi connectivity index (χ2n) is 6.16. The van der Waals surface area contributed by atoms with Crippen molar-refractivity contribution < 1.29 is 9.47 Å². The average molecular weight is 443 g/mol. The van der Waals surface area contributed by atoms with Crippen molar-refractivity contribution in [3.05, 3.63) is 74.9 Å². The van der Waals surface area contributed by atoms with E-state index in [9.17, 15) is 0 Å². The van der Waals surface area contributed by atoms with Crippen LogP contribution in [0.4, 0.5) is 5.69 Å². The topological polar surface area (TPSA) is 34.1 Å². The van der Waals surface area contributed by atoms with E-state index in [0.717, 1.165) is 39.5 Å². The lowest BCUT2D eigenvalue weighted by molar-refractivity contribution is 0.351. The summed E-state index contributed by atoms with van der Waals surface area (Å²) in [6.45, 7) is 0.743. The highest BCUT2D eigenvalue weighted by molar-refractivity contribution is 9.10. The zero-order valence-electron chi connectivity index (χ0n) is 15.1. The van der Waals surface area contributed by atoms with Crippen LogP contribution in [-0.4, -0.2) is 26.5 Å². The molecule has 0 unspecified atom stereocenters. The van der Waals surface area contributed by atoms with Crippen LogP contribution in [0.1, 0.15) is 16.4 Å². The molecule has 0 fully saturated rings. The molecule has 1 atom stereocenters. The first-order valence-corrected chi connectivity index (χ1v) is 10.2. The van der Waals surface area contributed by atoms with Crippen LogP contribution in [0, 0.1) is 0 Å². The Morgan fingerprint density at radius 2 is 1.93 bits per heavy atom. The number of halogens is 1. The summed E-state index contributed by atoms with van der Waals surface area (Å²) in [6, 6.07) is 18.4. The number of benzene rings is 2. The summed E-state index contributed by atoms with van der Waals surface area (Å²) in [5, 5.41) is 9.12. The third-order valence-corrected chi connectivity index (χ3v) is 5.99. The number of hydrogen-bond donors (Lipinski definition) is 0. The van der Waals surface area contributed by atoms with E-state index < -0.39 is 0 Å². The molecule has 138 valence electrons. The van der Waals surface area contributed by atoms with Gasteiger partial charge >= 0.3 is 0 Å². The summed E-state index contributed by atoms with van der Waals surface area (Å²) >= 11 is 5.26. The van der Waals surface area contributed by atoms with E-state index >= 15 is 0 Å². The predicted molar refractivity (Wildman–Crippen MR) is 115 cm³/mol. The van der Waals surface area contributed by atoms with Gasteiger partial charge in [0.2, 0.25) is 0 Å². The molecule has 1 aromatic heterocycles. The Morgan fingerprint density at radius 3 is 2.63 bits per heavy atom. The minimum Gasteiger partial charge on any atom is -0.493 e. The molecular formula is C21H19BrN2O2S. The molecule has 0 amide bonds. The molecule has 4 rings (SSSR count). The van der Waals surface area contributed by atoms with Gasteiger partial charge in [0.1, 0.15) is 0 Å². The highest BCUT2D eigenvalue weighted by Crippen LogP contribution is 2.41. The van der Waals surface area contributed by atoms with Gasteiger partial charge in [-0.15, -0.1) is 11.3 Å². The number of rotatable bonds is 5. The van der Waals surface area contributed by atoms with Crippen molar-refractivity contribution in [2.45, 2.75) is 5.92 Å². The number of nitrogens with zero attached hydrogens (tertiary/aromatic N) is 2. The third kappa shape index (κ3) is 3.47. The Hall–Kier alpha value is -2.31. The summed E-state index contributed by atoms with van der Waals surface area (Å²) < 4.78 is 12.2. The van der Waals surface area contributed by atoms with Gasteiger partial charge in [-0.1, -0.05) is 40.2 Å². The van der Waals surface area contributed by atoms with Crippen molar-refractivity contribution >= 4 is 38.7 Å². The second-order valence-corrected chi connectivity index (χ2v) is 8.02. The molecule has 4 nitrogen and oxygen atoms in total. The quantitative estimate of drug-likeness (QED) is 0.520. The van der Waals surface area contributed by atoms with E-state index in [1.165, 1.54) is 4.88 Å². The lowest BCUT2D eigenvalue weighted by Gasteiger charge is -2.19. The number of hydrazone groups is 1. The van der Waals surface area contributed by atoms with Gasteiger partial charge in [-0.2, -0.15) is 5.10 Å². The van der Waals surface area contributed by atoms with Crippen LogP contribution < -0.4 is 14.5 Å². The fourth-order valence-electron chi connectivity index (χ4n) is 3.38. The number of anilines is 1. The van der Waals surface area contributed by atoms with E-state index in [1.54, 1.807) is 25.6 Å². The maximum Gasteiger partial charge on any atom is 0.164 e. The molecular weight excluding hydrogens is 424 g/mol. The molecule has 0 spiro atoms. The Bertz CT molecular complexity index is 972. The lowest BCUT2D eigenvalue weighted by Crippen LogP contribution is -2.18. The number of ether oxygens (including phenoxy) is 2. The van der Waals surface area contributed by atoms with Crippen molar-refractivity contribution in [2.75, 3.05) is 25.8 Å². The monoisotopic (exact) mass is 442 g/mol. The average Bonchev–Trinajstić information content (AvgIpc) is 3.36. The third-order valence-electron chi connectivity index (χ3n) is 4.60. The van der Waals surface area contributed by atoms with Crippen molar-refractivity contribution in [1.29, 1.82) is 0 Å². The van der Waals surface area contributed by atoms with E-state index in [0.29, 0.717) is 0 Å². The van der Waals surface area contributed by atoms with E-state index in [4.69, 9.17) is 14.6 Å². The molecule has 0 saturated carbocycles. The van der Waals surface area contributed by atoms with E-state index in [-0.39, 0.29) is 5.92 Å². The molecule has 2 heterocycles. The summed E-state index contributed by atoms with van der Waals surface area (Å²) in [6.07, 6.45) is 0. The second kappa shape index (κ2) is 7.74. The van der Waals surface area contributed by atoms with Gasteiger partial charge in [-0.25, -0.2) is 0 Å². The zero-order chi connectivity index (χ0) is 18.8. The fraction of sp³-hybridized carbons (Fsp3) is 0.190. The number of para-hydroxylation sites is 1. The van der Waals surface area contributed by atoms with E-state index in [2.05, 4.69) is 56.7 Å². The standard InChI is InChI=1S/C21H19BrN2O2S/c1-25-18-9-4-8-16(21(18)26-2)17-13-24(15-7-3-6-14(22)12-15)23-20(17)19-10-5-11-27-19/h3-12,17H,13H2,1-2H3/t17-/m1/s1. The van der Waals surface area contributed by atoms with Crippen LogP contribution in [0.2, 0.25) is 0 Å². The predicted octanol–water partition coefficient (Wildman–Crippen LogP) is 5.54. The van der Waals surface area contributed by atoms with E-state index in [1.807, 2.05) is 24.3 Å². The molecule has 2 aromatic carbocycles. The van der Waals surface area contributed by atoms with Gasteiger partial charge in [0.05, 0.1) is 43.0 Å². The summed E-state index contributed by atoms with van der Waals surface area (Å²) in [5.41, 5.74) is 3.20. The first kappa shape index (κ1) is 18.1. The van der Waals surface area contributed by atoms with Gasteiger partial charge in [0.15, 0.2) is 11.5 Å². The van der Waals surface area contributed by atoms with Gasteiger partial charge in [-0.3, -0.25) is 5.01 Å². The highest BCUT2D eigenvalue weighted by Gasteiger charge is 2.33. The van der Waals surface area contributed by atoms with Gasteiger partial charge in [-0.05, 0) is 35.7 Å². The van der Waals surface area contributed by atoms with Crippen molar-refractivity contribution in [1.82, 2.24) is 0 Å². The first-order valence-electron chi connectivity index (χ1n) is 8.57. The smallest absolute Gasteiger partial charge is 0.164 e.